The number of nitrogens with one attached hydrogen (secondary N) is 1. The molecule has 2 aromatic rings. The van der Waals surface area contributed by atoms with E-state index in [2.05, 4.69) is 11.1 Å². The van der Waals surface area contributed by atoms with Crippen molar-refractivity contribution < 1.29 is 18.3 Å². The summed E-state index contributed by atoms with van der Waals surface area (Å²) in [4.78, 5) is 16.9. The van der Waals surface area contributed by atoms with Crippen LogP contribution >= 0.6 is 0 Å². The second kappa shape index (κ2) is 6.55. The fourth-order valence-corrected chi connectivity index (χ4v) is 7.02. The predicted molar refractivity (Wildman–Crippen MR) is 116 cm³/mol. The van der Waals surface area contributed by atoms with E-state index in [9.17, 15) is 23.6 Å². The highest BCUT2D eigenvalue weighted by Crippen LogP contribution is 2.48. The van der Waals surface area contributed by atoms with Crippen LogP contribution in [0.1, 0.15) is 54.7 Å². The Morgan fingerprint density at radius 3 is 2.65 bits per heavy atom. The van der Waals surface area contributed by atoms with Crippen LogP contribution < -0.4 is 0 Å². The Morgan fingerprint density at radius 1 is 1.26 bits per heavy atom. The number of nitriles is 1. The van der Waals surface area contributed by atoms with E-state index in [1.165, 1.54) is 10.4 Å². The summed E-state index contributed by atoms with van der Waals surface area (Å²) >= 11 is 0. The van der Waals surface area contributed by atoms with Crippen molar-refractivity contribution in [3.05, 3.63) is 58.0 Å². The van der Waals surface area contributed by atoms with Crippen LogP contribution in [0.25, 0.3) is 10.9 Å². The lowest BCUT2D eigenvalue weighted by molar-refractivity contribution is 0.102. The van der Waals surface area contributed by atoms with Gasteiger partial charge in [-0.3, -0.25) is 4.79 Å². The van der Waals surface area contributed by atoms with Crippen molar-refractivity contribution in [2.75, 3.05) is 13.1 Å². The smallest absolute Gasteiger partial charge is 0.224 e. The standard InChI is InChI=1S/C23H23N3O4S/c1-23(2)16-11-18(27)19(31(29,30)26-7-3-4-8-26)10-15(16)21(28)20-14-6-5-13(12-24)9-17(14)25-22(20)23/h5-6,9,11,19,25,27H,3-4,7-8,10H2,1-2H3. The van der Waals surface area contributed by atoms with Gasteiger partial charge in [-0.25, -0.2) is 12.7 Å². The number of hydrogen-bond donors (Lipinski definition) is 2. The van der Waals surface area contributed by atoms with Gasteiger partial charge in [0.15, 0.2) is 5.78 Å². The molecule has 5 rings (SSSR count). The predicted octanol–water partition coefficient (Wildman–Crippen LogP) is 3.45. The first-order valence-corrected chi connectivity index (χ1v) is 11.9. The number of aromatic nitrogens is 1. The third kappa shape index (κ3) is 2.73. The molecular formula is C23H23N3O4S. The third-order valence-electron chi connectivity index (χ3n) is 6.85. The Morgan fingerprint density at radius 2 is 1.97 bits per heavy atom. The zero-order chi connectivity index (χ0) is 22.1. The van der Waals surface area contributed by atoms with Crippen molar-refractivity contribution in [3.8, 4) is 6.07 Å². The molecule has 31 heavy (non-hydrogen) atoms. The van der Waals surface area contributed by atoms with Gasteiger partial charge in [0.25, 0.3) is 0 Å². The number of ketones is 1. The van der Waals surface area contributed by atoms with E-state index in [1.54, 1.807) is 18.2 Å². The number of carbonyl (C=O) groups excluding carboxylic acids is 1. The maximum absolute atomic E-state index is 13.6. The average molecular weight is 438 g/mol. The van der Waals surface area contributed by atoms with Crippen LogP contribution in [0.5, 0.6) is 0 Å². The van der Waals surface area contributed by atoms with E-state index in [1.807, 2.05) is 13.8 Å². The molecule has 1 fully saturated rings. The molecule has 0 spiro atoms. The van der Waals surface area contributed by atoms with Crippen molar-refractivity contribution in [1.29, 1.82) is 5.26 Å². The Hall–Kier alpha value is -2.89. The Bertz CT molecular complexity index is 1350. The maximum atomic E-state index is 13.6. The quantitative estimate of drug-likeness (QED) is 0.747. The number of carbonyl (C=O) groups is 1. The van der Waals surface area contributed by atoms with Gasteiger partial charge in [0.2, 0.25) is 10.0 Å². The largest absolute Gasteiger partial charge is 0.511 e. The Labute approximate surface area is 180 Å². The average Bonchev–Trinajstić information content (AvgIpc) is 3.40. The number of fused-ring (bicyclic) bond motifs is 3. The van der Waals surface area contributed by atoms with Crippen LogP contribution in [0, 0.1) is 11.3 Å². The van der Waals surface area contributed by atoms with Crippen molar-refractivity contribution in [1.82, 2.24) is 9.29 Å². The molecule has 0 amide bonds. The Kier molecular flexibility index (Phi) is 4.24. The molecule has 0 saturated carbocycles. The van der Waals surface area contributed by atoms with Gasteiger partial charge in [-0.1, -0.05) is 19.9 Å². The second-order valence-electron chi connectivity index (χ2n) is 9.01. The van der Waals surface area contributed by atoms with Crippen molar-refractivity contribution >= 4 is 26.7 Å². The third-order valence-corrected chi connectivity index (χ3v) is 9.06. The molecule has 1 aliphatic heterocycles. The minimum atomic E-state index is -3.75. The fraction of sp³-hybridized carbons (Fsp3) is 0.391. The summed E-state index contributed by atoms with van der Waals surface area (Å²) in [5.74, 6) is -0.427. The minimum Gasteiger partial charge on any atom is -0.511 e. The van der Waals surface area contributed by atoms with E-state index < -0.39 is 20.7 Å². The summed E-state index contributed by atoms with van der Waals surface area (Å²) in [6.45, 7) is 4.80. The molecule has 7 nitrogen and oxygen atoms in total. The molecule has 1 aromatic carbocycles. The molecule has 3 aliphatic rings. The van der Waals surface area contributed by atoms with Crippen molar-refractivity contribution in [2.24, 2.45) is 0 Å². The van der Waals surface area contributed by atoms with Gasteiger partial charge in [-0.15, -0.1) is 0 Å². The highest BCUT2D eigenvalue weighted by atomic mass is 32.2. The van der Waals surface area contributed by atoms with Gasteiger partial charge in [0, 0.05) is 47.1 Å². The number of benzene rings is 1. The topological polar surface area (TPSA) is 114 Å². The number of nitrogens with zero attached hydrogens (tertiary/aromatic N) is 2. The molecule has 1 saturated heterocycles. The first-order valence-electron chi connectivity index (χ1n) is 10.4. The van der Waals surface area contributed by atoms with Crippen molar-refractivity contribution in [2.45, 2.75) is 43.8 Å². The zero-order valence-electron chi connectivity index (χ0n) is 17.4. The number of aromatic amines is 1. The highest BCUT2D eigenvalue weighted by Gasteiger charge is 2.47. The summed E-state index contributed by atoms with van der Waals surface area (Å²) in [6, 6.07) is 7.25. The van der Waals surface area contributed by atoms with Crippen LogP contribution in [0.15, 0.2) is 41.2 Å². The van der Waals surface area contributed by atoms with Crippen LogP contribution in [-0.4, -0.2) is 46.9 Å². The number of H-pyrrole nitrogens is 1. The normalized spacial score (nSPS) is 23.5. The second-order valence-corrected chi connectivity index (χ2v) is 11.1. The fourth-order valence-electron chi connectivity index (χ4n) is 5.14. The lowest BCUT2D eigenvalue weighted by Crippen LogP contribution is -2.42. The first-order chi connectivity index (χ1) is 14.7. The van der Waals surface area contributed by atoms with Gasteiger partial charge in [-0.2, -0.15) is 5.26 Å². The molecule has 2 N–H and O–H groups in total. The number of sulfonamides is 1. The number of rotatable bonds is 2. The van der Waals surface area contributed by atoms with E-state index in [0.29, 0.717) is 46.6 Å². The number of aliphatic hydroxyl groups excluding tert-OH is 1. The van der Waals surface area contributed by atoms with Crippen LogP contribution in [-0.2, 0) is 15.4 Å². The molecule has 2 aliphatic carbocycles. The summed E-state index contributed by atoms with van der Waals surface area (Å²) in [5, 5.41) is 19.5. The molecule has 160 valence electrons. The van der Waals surface area contributed by atoms with E-state index in [0.717, 1.165) is 18.2 Å². The monoisotopic (exact) mass is 437 g/mol. The van der Waals surface area contributed by atoms with Crippen molar-refractivity contribution in [3.63, 3.8) is 0 Å². The molecule has 1 atom stereocenters. The van der Waals surface area contributed by atoms with E-state index >= 15 is 0 Å². The number of aliphatic hydroxyl groups is 1. The molecule has 0 radical (unpaired) electrons. The molecule has 1 unspecified atom stereocenters. The summed E-state index contributed by atoms with van der Waals surface area (Å²) in [6.07, 6.45) is 3.05. The zero-order valence-corrected chi connectivity index (χ0v) is 18.2. The van der Waals surface area contributed by atoms with Gasteiger partial charge in [-0.05, 0) is 36.6 Å². The van der Waals surface area contributed by atoms with Crippen LogP contribution in [0.3, 0.4) is 0 Å². The van der Waals surface area contributed by atoms with Gasteiger partial charge < -0.3 is 10.1 Å². The Balaban J connectivity index is 1.64. The van der Waals surface area contributed by atoms with E-state index in [-0.39, 0.29) is 18.0 Å². The van der Waals surface area contributed by atoms with Crippen LogP contribution in [0.2, 0.25) is 0 Å². The van der Waals surface area contributed by atoms with Gasteiger partial charge in [0.05, 0.1) is 17.2 Å². The number of hydrogen-bond acceptors (Lipinski definition) is 5. The molecule has 2 heterocycles. The molecule has 1 aromatic heterocycles. The number of allylic oxidation sites excluding steroid dienone is 3. The molecule has 8 heteroatoms. The summed E-state index contributed by atoms with van der Waals surface area (Å²) < 4.78 is 27.8. The first kappa shape index (κ1) is 20.0. The summed E-state index contributed by atoms with van der Waals surface area (Å²) in [5.41, 5.74) is 2.86. The maximum Gasteiger partial charge on any atom is 0.224 e. The van der Waals surface area contributed by atoms with Gasteiger partial charge in [0.1, 0.15) is 11.0 Å². The lowest BCUT2D eigenvalue weighted by Gasteiger charge is -2.37. The summed E-state index contributed by atoms with van der Waals surface area (Å²) in [7, 11) is -3.75. The highest BCUT2D eigenvalue weighted by molar-refractivity contribution is 7.90. The minimum absolute atomic E-state index is 0.0405. The van der Waals surface area contributed by atoms with Gasteiger partial charge >= 0.3 is 0 Å². The number of Topliss-reactive ketones (excluding diaryl/α,β-unsaturated/α-hetero) is 1. The SMILES string of the molecule is CC1(C)C2=C(CC(S(=O)(=O)N3CCCC3)C(O)=C2)C(=O)c2c1[nH]c1cc(C#N)ccc21. The molecule has 0 bridgehead atoms. The van der Waals surface area contributed by atoms with E-state index in [4.69, 9.17) is 0 Å². The lowest BCUT2D eigenvalue weighted by atomic mass is 9.68. The molecular weight excluding hydrogens is 414 g/mol. The van der Waals surface area contributed by atoms with Crippen LogP contribution in [0.4, 0.5) is 0 Å².